The highest BCUT2D eigenvalue weighted by Crippen LogP contribution is 2.11. The van der Waals surface area contributed by atoms with Crippen molar-refractivity contribution in [3.05, 3.63) is 0 Å². The normalized spacial score (nSPS) is 24.9. The number of hydrogen-bond donors (Lipinski definition) is 2. The largest absolute Gasteiger partial charge is 0.342 e. The molecule has 0 spiro atoms. The SMILES string of the molecule is O=C1NC(=O)C(CC(=O)N2CCN(CC(=O)N3CCCCC3)CC2)N1. The maximum atomic E-state index is 12.3. The number of nitrogens with zero attached hydrogens (tertiary/aromatic N) is 3. The molecule has 0 aromatic heterocycles. The molecular weight excluding hydrogens is 326 g/mol. The first kappa shape index (κ1) is 17.7. The lowest BCUT2D eigenvalue weighted by Crippen LogP contribution is -2.52. The average Bonchev–Trinajstić information content (AvgIpc) is 2.93. The molecule has 5 amide bonds. The van der Waals surface area contributed by atoms with Gasteiger partial charge >= 0.3 is 6.03 Å². The molecule has 1 unspecified atom stereocenters. The second kappa shape index (κ2) is 7.81. The van der Waals surface area contributed by atoms with E-state index in [-0.39, 0.29) is 18.2 Å². The van der Waals surface area contributed by atoms with Crippen LogP contribution < -0.4 is 10.6 Å². The van der Waals surface area contributed by atoms with Crippen molar-refractivity contribution in [1.82, 2.24) is 25.3 Å². The van der Waals surface area contributed by atoms with Gasteiger partial charge < -0.3 is 15.1 Å². The first-order valence-corrected chi connectivity index (χ1v) is 8.92. The molecule has 3 aliphatic rings. The fourth-order valence-electron chi connectivity index (χ4n) is 3.50. The highest BCUT2D eigenvalue weighted by Gasteiger charge is 2.33. The van der Waals surface area contributed by atoms with Gasteiger partial charge in [0.2, 0.25) is 11.8 Å². The Kier molecular flexibility index (Phi) is 5.52. The summed E-state index contributed by atoms with van der Waals surface area (Å²) in [7, 11) is 0. The second-order valence-electron chi connectivity index (χ2n) is 6.82. The maximum absolute atomic E-state index is 12.3. The number of nitrogens with one attached hydrogen (secondary N) is 2. The van der Waals surface area contributed by atoms with Crippen LogP contribution in [0.5, 0.6) is 0 Å². The maximum Gasteiger partial charge on any atom is 0.322 e. The summed E-state index contributed by atoms with van der Waals surface area (Å²) in [5, 5.41) is 4.56. The Morgan fingerprint density at radius 1 is 0.880 bits per heavy atom. The monoisotopic (exact) mass is 351 g/mol. The van der Waals surface area contributed by atoms with E-state index in [1.165, 1.54) is 6.42 Å². The molecule has 138 valence electrons. The van der Waals surface area contributed by atoms with E-state index in [9.17, 15) is 19.2 Å². The standard InChI is InChI=1S/C16H25N5O4/c22-13(10-12-15(24)18-16(25)17-12)21-8-6-19(7-9-21)11-14(23)20-4-2-1-3-5-20/h12H,1-11H2,(H2,17,18,24,25). The van der Waals surface area contributed by atoms with Gasteiger partial charge in [-0.3, -0.25) is 24.6 Å². The fraction of sp³-hybridized carbons (Fsp3) is 0.750. The molecule has 3 rings (SSSR count). The first-order valence-electron chi connectivity index (χ1n) is 8.92. The van der Waals surface area contributed by atoms with Gasteiger partial charge in [0.05, 0.1) is 13.0 Å². The van der Waals surface area contributed by atoms with Crippen LogP contribution in [-0.2, 0) is 14.4 Å². The Hall–Kier alpha value is -2.16. The number of likely N-dealkylation sites (tertiary alicyclic amines) is 1. The third-order valence-electron chi connectivity index (χ3n) is 5.03. The van der Waals surface area contributed by atoms with Crippen LogP contribution in [-0.4, -0.2) is 90.3 Å². The van der Waals surface area contributed by atoms with Crippen molar-refractivity contribution in [2.45, 2.75) is 31.7 Å². The Morgan fingerprint density at radius 3 is 2.12 bits per heavy atom. The number of piperazine rings is 1. The van der Waals surface area contributed by atoms with Crippen molar-refractivity contribution >= 4 is 23.8 Å². The van der Waals surface area contributed by atoms with Crippen LogP contribution >= 0.6 is 0 Å². The predicted octanol–water partition coefficient (Wildman–Crippen LogP) is -1.26. The zero-order valence-corrected chi connectivity index (χ0v) is 14.3. The van der Waals surface area contributed by atoms with Crippen LogP contribution in [0, 0.1) is 0 Å². The van der Waals surface area contributed by atoms with E-state index in [2.05, 4.69) is 15.5 Å². The van der Waals surface area contributed by atoms with Crippen molar-refractivity contribution in [2.24, 2.45) is 0 Å². The van der Waals surface area contributed by atoms with Crippen LogP contribution in [0.1, 0.15) is 25.7 Å². The van der Waals surface area contributed by atoms with E-state index >= 15 is 0 Å². The lowest BCUT2D eigenvalue weighted by Gasteiger charge is -2.36. The van der Waals surface area contributed by atoms with Gasteiger partial charge in [-0.15, -0.1) is 0 Å². The second-order valence-corrected chi connectivity index (χ2v) is 6.82. The van der Waals surface area contributed by atoms with E-state index in [0.717, 1.165) is 25.9 Å². The van der Waals surface area contributed by atoms with E-state index in [1.807, 2.05) is 4.90 Å². The van der Waals surface area contributed by atoms with Gasteiger partial charge in [-0.2, -0.15) is 0 Å². The van der Waals surface area contributed by atoms with E-state index in [4.69, 9.17) is 0 Å². The molecule has 0 aromatic rings. The summed E-state index contributed by atoms with van der Waals surface area (Å²) in [6.45, 7) is 4.48. The molecule has 0 saturated carbocycles. The number of amides is 5. The Bertz CT molecular complexity index is 553. The van der Waals surface area contributed by atoms with E-state index in [1.54, 1.807) is 4.90 Å². The molecule has 3 aliphatic heterocycles. The van der Waals surface area contributed by atoms with Gasteiger partial charge in [0.15, 0.2) is 0 Å². The van der Waals surface area contributed by atoms with E-state index in [0.29, 0.717) is 32.7 Å². The third kappa shape index (κ3) is 4.47. The van der Waals surface area contributed by atoms with Crippen LogP contribution in [0.2, 0.25) is 0 Å². The summed E-state index contributed by atoms with van der Waals surface area (Å²) >= 11 is 0. The Labute approximate surface area is 146 Å². The lowest BCUT2D eigenvalue weighted by molar-refractivity contribution is -0.137. The van der Waals surface area contributed by atoms with Gasteiger partial charge in [0.25, 0.3) is 5.91 Å². The molecule has 0 radical (unpaired) electrons. The number of hydrogen-bond acceptors (Lipinski definition) is 5. The third-order valence-corrected chi connectivity index (χ3v) is 5.03. The minimum atomic E-state index is -0.779. The van der Waals surface area contributed by atoms with Gasteiger partial charge in [-0.25, -0.2) is 4.79 Å². The van der Waals surface area contributed by atoms with Crippen molar-refractivity contribution in [3.8, 4) is 0 Å². The molecule has 9 heteroatoms. The number of urea groups is 1. The zero-order valence-electron chi connectivity index (χ0n) is 14.3. The molecular formula is C16H25N5O4. The van der Waals surface area contributed by atoms with Crippen molar-refractivity contribution in [3.63, 3.8) is 0 Å². The molecule has 3 saturated heterocycles. The number of piperidine rings is 1. The number of carbonyl (C=O) groups excluding carboxylic acids is 4. The molecule has 25 heavy (non-hydrogen) atoms. The van der Waals surface area contributed by atoms with Gasteiger partial charge in [0.1, 0.15) is 6.04 Å². The highest BCUT2D eigenvalue weighted by molar-refractivity contribution is 6.05. The van der Waals surface area contributed by atoms with Crippen LogP contribution in [0.3, 0.4) is 0 Å². The van der Waals surface area contributed by atoms with Crippen LogP contribution in [0.15, 0.2) is 0 Å². The molecule has 3 fully saturated rings. The summed E-state index contributed by atoms with van der Waals surface area (Å²) in [6, 6.07) is -1.33. The molecule has 3 heterocycles. The zero-order chi connectivity index (χ0) is 17.8. The Morgan fingerprint density at radius 2 is 1.52 bits per heavy atom. The molecule has 0 bridgehead atoms. The molecule has 0 aromatic carbocycles. The fourth-order valence-corrected chi connectivity index (χ4v) is 3.50. The average molecular weight is 351 g/mol. The highest BCUT2D eigenvalue weighted by atomic mass is 16.2. The summed E-state index contributed by atoms with van der Waals surface area (Å²) in [6.07, 6.45) is 3.34. The molecule has 2 N–H and O–H groups in total. The quantitative estimate of drug-likeness (QED) is 0.616. The molecule has 9 nitrogen and oxygen atoms in total. The minimum Gasteiger partial charge on any atom is -0.342 e. The topological polar surface area (TPSA) is 102 Å². The summed E-state index contributed by atoms with van der Waals surface area (Å²) in [5.74, 6) is -0.432. The Balaban J connectivity index is 1.40. The van der Waals surface area contributed by atoms with Crippen LogP contribution in [0.4, 0.5) is 4.79 Å². The van der Waals surface area contributed by atoms with Crippen molar-refractivity contribution < 1.29 is 19.2 Å². The minimum absolute atomic E-state index is 0.0235. The lowest BCUT2D eigenvalue weighted by atomic mass is 10.1. The predicted molar refractivity (Wildman–Crippen MR) is 88.5 cm³/mol. The van der Waals surface area contributed by atoms with Gasteiger partial charge in [0, 0.05) is 39.3 Å². The smallest absolute Gasteiger partial charge is 0.322 e. The van der Waals surface area contributed by atoms with Gasteiger partial charge in [-0.05, 0) is 19.3 Å². The van der Waals surface area contributed by atoms with Gasteiger partial charge in [-0.1, -0.05) is 0 Å². The molecule has 1 atom stereocenters. The number of rotatable bonds is 4. The number of imide groups is 1. The van der Waals surface area contributed by atoms with Crippen LogP contribution in [0.25, 0.3) is 0 Å². The summed E-state index contributed by atoms with van der Waals surface area (Å²) in [5.41, 5.74) is 0. The van der Waals surface area contributed by atoms with Crippen molar-refractivity contribution in [1.29, 1.82) is 0 Å². The summed E-state index contributed by atoms with van der Waals surface area (Å²) < 4.78 is 0. The number of carbonyl (C=O) groups is 4. The molecule has 0 aliphatic carbocycles. The summed E-state index contributed by atoms with van der Waals surface area (Å²) in [4.78, 5) is 52.9. The van der Waals surface area contributed by atoms with E-state index < -0.39 is 18.0 Å². The van der Waals surface area contributed by atoms with Crippen molar-refractivity contribution in [2.75, 3.05) is 45.8 Å². The first-order chi connectivity index (χ1) is 12.0.